The van der Waals surface area contributed by atoms with E-state index in [1.165, 1.54) is 12.1 Å². The van der Waals surface area contributed by atoms with Gasteiger partial charge in [0.1, 0.15) is 11.4 Å². The Balaban J connectivity index is 1.65. The molecule has 0 aliphatic carbocycles. The van der Waals surface area contributed by atoms with Gasteiger partial charge >= 0.3 is 12.7 Å². The molecule has 0 spiro atoms. The predicted octanol–water partition coefficient (Wildman–Crippen LogP) is 1.96. The number of nitrogens with zero attached hydrogens (tertiary/aromatic N) is 3. The minimum Gasteiger partial charge on any atom is -0.444 e. The van der Waals surface area contributed by atoms with E-state index in [-0.39, 0.29) is 36.7 Å². The number of amides is 3. The van der Waals surface area contributed by atoms with Gasteiger partial charge in [-0.15, -0.1) is 0 Å². The van der Waals surface area contributed by atoms with Crippen molar-refractivity contribution in [3.63, 3.8) is 0 Å². The van der Waals surface area contributed by atoms with Crippen LogP contribution in [0.5, 0.6) is 5.75 Å². The Kier molecular flexibility index (Phi) is 10.0. The van der Waals surface area contributed by atoms with E-state index in [2.05, 4.69) is 10.1 Å². The van der Waals surface area contributed by atoms with E-state index in [0.29, 0.717) is 39.1 Å². The number of hydrogen-bond donors (Lipinski definition) is 1. The lowest BCUT2D eigenvalue weighted by Crippen LogP contribution is -2.53. The molecule has 34 heavy (non-hydrogen) atoms. The Labute approximate surface area is 199 Å². The Morgan fingerprint density at radius 3 is 2.18 bits per heavy atom. The number of carbonyl (C=O) groups is 3. The number of nitrogens with one attached hydrogen (secondary N) is 1. The highest BCUT2D eigenvalue weighted by molar-refractivity contribution is 5.81. The highest BCUT2D eigenvalue weighted by Gasteiger charge is 2.28. The Morgan fingerprint density at radius 1 is 1.03 bits per heavy atom. The van der Waals surface area contributed by atoms with Crippen molar-refractivity contribution < 1.29 is 32.6 Å². The fourth-order valence-corrected chi connectivity index (χ4v) is 3.34. The third-order valence-electron chi connectivity index (χ3n) is 4.99. The van der Waals surface area contributed by atoms with Crippen LogP contribution in [0, 0.1) is 0 Å². The molecule has 1 aromatic carbocycles. The molecule has 0 bridgehead atoms. The van der Waals surface area contributed by atoms with Crippen LogP contribution in [0.3, 0.4) is 0 Å². The van der Waals surface area contributed by atoms with Crippen LogP contribution in [0.4, 0.5) is 13.6 Å². The van der Waals surface area contributed by atoms with Gasteiger partial charge in [0.2, 0.25) is 11.8 Å². The Bertz CT molecular complexity index is 822. The fraction of sp³-hybridized carbons (Fsp3) is 0.609. The van der Waals surface area contributed by atoms with Crippen molar-refractivity contribution in [1.29, 1.82) is 0 Å². The van der Waals surface area contributed by atoms with Gasteiger partial charge in [-0.2, -0.15) is 8.78 Å². The van der Waals surface area contributed by atoms with Crippen LogP contribution in [0.1, 0.15) is 26.3 Å². The summed E-state index contributed by atoms with van der Waals surface area (Å²) >= 11 is 0. The van der Waals surface area contributed by atoms with Crippen molar-refractivity contribution in [2.24, 2.45) is 0 Å². The molecule has 1 aliphatic rings. The maximum Gasteiger partial charge on any atom is 0.410 e. The summed E-state index contributed by atoms with van der Waals surface area (Å²) in [6.07, 6.45) is 0.150. The summed E-state index contributed by atoms with van der Waals surface area (Å²) in [6.45, 7) is 4.72. The SMILES string of the molecule is CN(CC(=O)NCCc1ccc(OC(F)F)cc1)CC(=O)N1CCN(C(=O)OC(C)(C)C)CC1. The van der Waals surface area contributed by atoms with Crippen LogP contribution in [0.25, 0.3) is 0 Å². The van der Waals surface area contributed by atoms with Crippen LogP contribution in [-0.2, 0) is 20.7 Å². The number of rotatable bonds is 9. The van der Waals surface area contributed by atoms with E-state index < -0.39 is 12.2 Å². The molecule has 3 amide bonds. The zero-order valence-electron chi connectivity index (χ0n) is 20.2. The molecular formula is C23H34F2N4O5. The maximum atomic E-state index is 12.5. The van der Waals surface area contributed by atoms with Crippen molar-refractivity contribution in [1.82, 2.24) is 20.0 Å². The monoisotopic (exact) mass is 484 g/mol. The van der Waals surface area contributed by atoms with Crippen molar-refractivity contribution >= 4 is 17.9 Å². The molecular weight excluding hydrogens is 450 g/mol. The lowest BCUT2D eigenvalue weighted by molar-refractivity contribution is -0.134. The van der Waals surface area contributed by atoms with Crippen LogP contribution >= 0.6 is 0 Å². The lowest BCUT2D eigenvalue weighted by Gasteiger charge is -2.36. The summed E-state index contributed by atoms with van der Waals surface area (Å²) in [4.78, 5) is 41.8. The molecule has 1 aliphatic heterocycles. The summed E-state index contributed by atoms with van der Waals surface area (Å²) < 4.78 is 34.0. The number of ether oxygens (including phenoxy) is 2. The second-order valence-electron chi connectivity index (χ2n) is 9.14. The van der Waals surface area contributed by atoms with Gasteiger partial charge in [0.05, 0.1) is 13.1 Å². The smallest absolute Gasteiger partial charge is 0.410 e. The van der Waals surface area contributed by atoms with E-state index in [1.807, 2.05) is 20.8 Å². The minimum absolute atomic E-state index is 0.0603. The molecule has 1 heterocycles. The summed E-state index contributed by atoms with van der Waals surface area (Å²) in [5.41, 5.74) is 0.305. The Morgan fingerprint density at radius 2 is 1.62 bits per heavy atom. The van der Waals surface area contributed by atoms with Gasteiger partial charge in [-0.25, -0.2) is 4.79 Å². The van der Waals surface area contributed by atoms with Gasteiger partial charge in [0.15, 0.2) is 0 Å². The van der Waals surface area contributed by atoms with Gasteiger partial charge in [-0.3, -0.25) is 14.5 Å². The molecule has 0 saturated carbocycles. The van der Waals surface area contributed by atoms with Crippen LogP contribution in [0.15, 0.2) is 24.3 Å². The van der Waals surface area contributed by atoms with Gasteiger partial charge in [-0.1, -0.05) is 12.1 Å². The molecule has 2 rings (SSSR count). The molecule has 0 atom stereocenters. The van der Waals surface area contributed by atoms with Gasteiger partial charge in [0.25, 0.3) is 0 Å². The number of likely N-dealkylation sites (N-methyl/N-ethyl adjacent to an activating group) is 1. The van der Waals surface area contributed by atoms with E-state index in [1.54, 1.807) is 33.9 Å². The highest BCUT2D eigenvalue weighted by Crippen LogP contribution is 2.15. The first-order valence-electron chi connectivity index (χ1n) is 11.2. The summed E-state index contributed by atoms with van der Waals surface area (Å²) in [6, 6.07) is 6.24. The van der Waals surface area contributed by atoms with Crippen molar-refractivity contribution in [3.05, 3.63) is 29.8 Å². The molecule has 1 aromatic rings. The van der Waals surface area contributed by atoms with E-state index in [9.17, 15) is 23.2 Å². The van der Waals surface area contributed by atoms with E-state index >= 15 is 0 Å². The second-order valence-corrected chi connectivity index (χ2v) is 9.14. The highest BCUT2D eigenvalue weighted by atomic mass is 19.3. The predicted molar refractivity (Wildman–Crippen MR) is 122 cm³/mol. The van der Waals surface area contributed by atoms with Crippen molar-refractivity contribution in [2.75, 3.05) is 52.9 Å². The minimum atomic E-state index is -2.86. The van der Waals surface area contributed by atoms with Crippen LogP contribution in [-0.4, -0.2) is 97.7 Å². The van der Waals surface area contributed by atoms with E-state index in [4.69, 9.17) is 4.74 Å². The van der Waals surface area contributed by atoms with Crippen molar-refractivity contribution in [2.45, 2.75) is 39.4 Å². The molecule has 1 fully saturated rings. The van der Waals surface area contributed by atoms with Crippen molar-refractivity contribution in [3.8, 4) is 5.75 Å². The lowest BCUT2D eigenvalue weighted by atomic mass is 10.1. The third-order valence-corrected chi connectivity index (χ3v) is 4.99. The number of benzene rings is 1. The number of carbonyl (C=O) groups excluding carboxylic acids is 3. The largest absolute Gasteiger partial charge is 0.444 e. The molecule has 11 heteroatoms. The average molecular weight is 485 g/mol. The van der Waals surface area contributed by atoms with E-state index in [0.717, 1.165) is 5.56 Å². The summed E-state index contributed by atoms with van der Waals surface area (Å²) in [7, 11) is 1.69. The van der Waals surface area contributed by atoms with Crippen LogP contribution < -0.4 is 10.1 Å². The molecule has 1 saturated heterocycles. The topological polar surface area (TPSA) is 91.4 Å². The first kappa shape index (κ1) is 27.3. The zero-order chi connectivity index (χ0) is 25.3. The number of halogens is 2. The number of piperazine rings is 1. The first-order valence-corrected chi connectivity index (χ1v) is 11.2. The van der Waals surface area contributed by atoms with Gasteiger partial charge < -0.3 is 24.6 Å². The average Bonchev–Trinajstić information content (AvgIpc) is 2.73. The summed E-state index contributed by atoms with van der Waals surface area (Å²) in [5, 5.41) is 2.78. The molecule has 0 aromatic heterocycles. The zero-order valence-corrected chi connectivity index (χ0v) is 20.2. The third kappa shape index (κ3) is 9.90. The second kappa shape index (κ2) is 12.5. The normalized spacial score (nSPS) is 14.4. The molecule has 190 valence electrons. The van der Waals surface area contributed by atoms with Gasteiger partial charge in [0, 0.05) is 32.7 Å². The summed E-state index contributed by atoms with van der Waals surface area (Å²) in [5.74, 6) is -0.242. The molecule has 0 unspecified atom stereocenters. The Hall–Kier alpha value is -2.95. The van der Waals surface area contributed by atoms with Crippen LogP contribution in [0.2, 0.25) is 0 Å². The first-order chi connectivity index (χ1) is 15.9. The molecule has 9 nitrogen and oxygen atoms in total. The number of alkyl halides is 2. The quantitative estimate of drug-likeness (QED) is 0.576. The maximum absolute atomic E-state index is 12.5. The fourth-order valence-electron chi connectivity index (χ4n) is 3.34. The molecule has 0 radical (unpaired) electrons. The van der Waals surface area contributed by atoms with Gasteiger partial charge in [-0.05, 0) is 51.9 Å². The number of hydrogen-bond acceptors (Lipinski definition) is 6. The molecule has 1 N–H and O–H groups in total. The standard InChI is InChI=1S/C23H34F2N4O5/c1-23(2,3)34-22(32)29-13-11-28(12-14-29)20(31)16-27(4)15-19(30)26-10-9-17-5-7-18(8-6-17)33-21(24)25/h5-8,21H,9-16H2,1-4H3,(H,26,30).